The van der Waals surface area contributed by atoms with E-state index in [1.807, 2.05) is 0 Å². The summed E-state index contributed by atoms with van der Waals surface area (Å²) in [6.45, 7) is 0. The van der Waals surface area contributed by atoms with E-state index in [1.165, 1.54) is 18.2 Å². The first-order valence-electron chi connectivity index (χ1n) is 5.54. The first-order chi connectivity index (χ1) is 10.2. The fourth-order valence-electron chi connectivity index (χ4n) is 1.85. The van der Waals surface area contributed by atoms with E-state index in [-0.39, 0.29) is 46.7 Å². The van der Waals surface area contributed by atoms with Crippen LogP contribution in [0.5, 0.6) is 0 Å². The van der Waals surface area contributed by atoms with Crippen molar-refractivity contribution in [2.45, 2.75) is 0 Å². The summed E-state index contributed by atoms with van der Waals surface area (Å²) in [7, 11) is 0. The number of hydrogen-bond acceptors (Lipinski definition) is 4. The molecule has 2 rings (SSSR count). The Hall–Kier alpha value is -1.58. The van der Waals surface area contributed by atoms with Gasteiger partial charge in [-0.1, -0.05) is 23.2 Å². The van der Waals surface area contributed by atoms with Crippen molar-refractivity contribution in [3.63, 3.8) is 0 Å². The van der Waals surface area contributed by atoms with Crippen molar-refractivity contribution < 1.29 is 50.8 Å². The minimum absolute atomic E-state index is 0. The summed E-state index contributed by atoms with van der Waals surface area (Å²) >= 11 is 11.6. The van der Waals surface area contributed by atoms with Gasteiger partial charge in [-0.05, 0) is 18.2 Å². The van der Waals surface area contributed by atoms with E-state index in [0.717, 1.165) is 0 Å². The SMILES string of the molecule is O=C(O)c1c(C(=O)O)n(-c2cc(Cl)cc(Cl)c2)c(=O)[nH]c1=O.[H-].[Na+]. The number of benzene rings is 1. The fourth-order valence-corrected chi connectivity index (χ4v) is 2.37. The van der Waals surface area contributed by atoms with Crippen molar-refractivity contribution in [2.75, 3.05) is 0 Å². The van der Waals surface area contributed by atoms with Crippen LogP contribution in [0.2, 0.25) is 10.0 Å². The number of aromatic amines is 1. The predicted octanol–water partition coefficient (Wildman–Crippen LogP) is -1.65. The van der Waals surface area contributed by atoms with Crippen LogP contribution in [0.15, 0.2) is 27.8 Å². The average molecular weight is 369 g/mol. The summed E-state index contributed by atoms with van der Waals surface area (Å²) in [6.07, 6.45) is 0. The van der Waals surface area contributed by atoms with Gasteiger partial charge in [0.25, 0.3) is 5.56 Å². The van der Waals surface area contributed by atoms with Crippen molar-refractivity contribution in [3.05, 3.63) is 60.3 Å². The molecule has 0 saturated carbocycles. The zero-order valence-corrected chi connectivity index (χ0v) is 15.0. The number of carboxylic acids is 2. The van der Waals surface area contributed by atoms with Crippen LogP contribution in [0.3, 0.4) is 0 Å². The Kier molecular flexibility index (Phi) is 6.20. The summed E-state index contributed by atoms with van der Waals surface area (Å²) in [5.41, 5.74) is -4.63. The molecular formula is C12H7Cl2N2NaO6. The number of nitrogens with zero attached hydrogens (tertiary/aromatic N) is 1. The third kappa shape index (κ3) is 3.85. The fraction of sp³-hybridized carbons (Fsp3) is 0. The van der Waals surface area contributed by atoms with Gasteiger partial charge in [-0.25, -0.2) is 14.4 Å². The molecule has 0 radical (unpaired) electrons. The zero-order chi connectivity index (χ0) is 16.6. The maximum absolute atomic E-state index is 11.9. The molecule has 1 heterocycles. The standard InChI is InChI=1S/C12H6Cl2N2O6.Na.H/c13-4-1-5(14)3-6(2-4)16-8(11(20)21)7(10(18)19)9(17)15-12(16)22;;/h1-3H,(H,18,19)(H,20,21)(H,15,17,22);;/q;+1;-1. The number of rotatable bonds is 3. The molecule has 0 amide bonds. The Morgan fingerprint density at radius 2 is 1.57 bits per heavy atom. The molecule has 2 aromatic rings. The first-order valence-corrected chi connectivity index (χ1v) is 6.30. The maximum atomic E-state index is 11.9. The van der Waals surface area contributed by atoms with E-state index in [0.29, 0.717) is 4.57 Å². The van der Waals surface area contributed by atoms with Crippen molar-refractivity contribution in [3.8, 4) is 5.69 Å². The van der Waals surface area contributed by atoms with Crippen LogP contribution in [-0.2, 0) is 0 Å². The predicted molar refractivity (Wildman–Crippen MR) is 77.7 cm³/mol. The second kappa shape index (κ2) is 7.33. The van der Waals surface area contributed by atoms with E-state index in [1.54, 1.807) is 4.98 Å². The molecule has 0 unspecified atom stereocenters. The molecule has 11 heteroatoms. The largest absolute Gasteiger partial charge is 1.00 e. The summed E-state index contributed by atoms with van der Waals surface area (Å²) < 4.78 is 0.505. The van der Waals surface area contributed by atoms with Crippen LogP contribution >= 0.6 is 23.2 Å². The minimum atomic E-state index is -1.79. The van der Waals surface area contributed by atoms with Gasteiger partial charge >= 0.3 is 47.2 Å². The number of carbonyl (C=O) groups is 2. The van der Waals surface area contributed by atoms with Crippen LogP contribution in [0.25, 0.3) is 5.69 Å². The number of aromatic carboxylic acids is 2. The molecule has 0 fully saturated rings. The van der Waals surface area contributed by atoms with E-state index in [2.05, 4.69) is 0 Å². The minimum Gasteiger partial charge on any atom is -1.00 e. The molecule has 1 aromatic carbocycles. The van der Waals surface area contributed by atoms with Crippen LogP contribution in [-0.4, -0.2) is 31.7 Å². The number of halogens is 2. The number of aromatic nitrogens is 2. The molecule has 23 heavy (non-hydrogen) atoms. The number of carboxylic acid groups (broad SMARTS) is 2. The molecular weight excluding hydrogens is 362 g/mol. The smallest absolute Gasteiger partial charge is 1.00 e. The van der Waals surface area contributed by atoms with Gasteiger partial charge in [-0.3, -0.25) is 14.3 Å². The second-order valence-corrected chi connectivity index (χ2v) is 4.93. The van der Waals surface area contributed by atoms with Gasteiger partial charge in [0.2, 0.25) is 0 Å². The molecule has 1 aromatic heterocycles. The zero-order valence-electron chi connectivity index (χ0n) is 12.5. The number of H-pyrrole nitrogens is 1. The summed E-state index contributed by atoms with van der Waals surface area (Å²) in [5.74, 6) is -3.56. The van der Waals surface area contributed by atoms with Crippen LogP contribution in [0, 0.1) is 0 Å². The summed E-state index contributed by atoms with van der Waals surface area (Å²) in [4.78, 5) is 47.7. The van der Waals surface area contributed by atoms with Gasteiger partial charge in [0.1, 0.15) is 0 Å². The monoisotopic (exact) mass is 368 g/mol. The average Bonchev–Trinajstić information content (AvgIpc) is 2.35. The van der Waals surface area contributed by atoms with Gasteiger partial charge in [0.05, 0.1) is 5.69 Å². The molecule has 0 spiro atoms. The molecule has 0 aliphatic carbocycles. The van der Waals surface area contributed by atoms with E-state index in [4.69, 9.17) is 28.3 Å². The van der Waals surface area contributed by atoms with Crippen LogP contribution in [0.4, 0.5) is 0 Å². The molecule has 3 N–H and O–H groups in total. The van der Waals surface area contributed by atoms with Crippen molar-refractivity contribution in [1.82, 2.24) is 9.55 Å². The number of nitrogens with one attached hydrogen (secondary N) is 1. The van der Waals surface area contributed by atoms with E-state index in [9.17, 15) is 24.3 Å². The number of hydrogen-bond donors (Lipinski definition) is 3. The van der Waals surface area contributed by atoms with E-state index < -0.39 is 34.4 Å². The Morgan fingerprint density at radius 1 is 1.04 bits per heavy atom. The second-order valence-electron chi connectivity index (χ2n) is 4.06. The van der Waals surface area contributed by atoms with Gasteiger partial charge in [-0.2, -0.15) is 0 Å². The third-order valence-electron chi connectivity index (χ3n) is 2.63. The van der Waals surface area contributed by atoms with Gasteiger partial charge in [-0.15, -0.1) is 0 Å². The molecule has 0 aliphatic rings. The molecule has 0 atom stereocenters. The van der Waals surface area contributed by atoms with E-state index >= 15 is 0 Å². The van der Waals surface area contributed by atoms with Crippen LogP contribution < -0.4 is 40.8 Å². The van der Waals surface area contributed by atoms with Gasteiger partial charge in [0.15, 0.2) is 11.3 Å². The Bertz CT molecular complexity index is 906. The Balaban J connectivity index is 0.00000264. The van der Waals surface area contributed by atoms with Gasteiger partial charge < -0.3 is 11.6 Å². The molecule has 8 nitrogen and oxygen atoms in total. The third-order valence-corrected chi connectivity index (χ3v) is 3.07. The van der Waals surface area contributed by atoms with Crippen molar-refractivity contribution in [1.29, 1.82) is 0 Å². The van der Waals surface area contributed by atoms with Gasteiger partial charge in [0, 0.05) is 10.0 Å². The maximum Gasteiger partial charge on any atom is 1.00 e. The first kappa shape index (κ1) is 19.5. The summed E-state index contributed by atoms with van der Waals surface area (Å²) in [6, 6.07) is 3.73. The topological polar surface area (TPSA) is 129 Å². The normalized spacial score (nSPS) is 10.0. The Labute approximate surface area is 161 Å². The van der Waals surface area contributed by atoms with Crippen LogP contribution in [0.1, 0.15) is 22.3 Å². The molecule has 0 bridgehead atoms. The van der Waals surface area contributed by atoms with Crippen molar-refractivity contribution in [2.24, 2.45) is 0 Å². The molecule has 0 saturated heterocycles. The summed E-state index contributed by atoms with van der Waals surface area (Å²) in [5, 5.41) is 18.4. The quantitative estimate of drug-likeness (QED) is 0.556. The molecule has 116 valence electrons. The molecule has 0 aliphatic heterocycles. The van der Waals surface area contributed by atoms with Crippen molar-refractivity contribution >= 4 is 35.1 Å². The Morgan fingerprint density at radius 3 is 2.00 bits per heavy atom.